The number of carbonyl (C=O) groups is 1. The van der Waals surface area contributed by atoms with Gasteiger partial charge in [0.2, 0.25) is 0 Å². The second-order valence-electron chi connectivity index (χ2n) is 7.17. The molecule has 1 amide bonds. The molecule has 7 heteroatoms. The zero-order chi connectivity index (χ0) is 18.7. The smallest absolute Gasteiger partial charge is 0.274 e. The fourth-order valence-corrected chi connectivity index (χ4v) is 3.55. The Kier molecular flexibility index (Phi) is 6.81. The first kappa shape index (κ1) is 21.2. The number of nitrogens with zero attached hydrogens (tertiary/aromatic N) is 3. The van der Waals surface area contributed by atoms with Gasteiger partial charge in [0.15, 0.2) is 5.69 Å². The van der Waals surface area contributed by atoms with Gasteiger partial charge in [-0.3, -0.25) is 4.79 Å². The molecule has 2 heterocycles. The Balaban J connectivity index is 0.00000261. The first-order valence-electron chi connectivity index (χ1n) is 8.56. The van der Waals surface area contributed by atoms with Crippen LogP contribution < -0.4 is 5.73 Å². The lowest BCUT2D eigenvalue weighted by atomic mass is 9.93. The number of rotatable bonds is 6. The summed E-state index contributed by atoms with van der Waals surface area (Å²) in [4.78, 5) is 15.7. The molecule has 2 N–H and O–H groups in total. The molecule has 0 radical (unpaired) electrons. The maximum absolute atomic E-state index is 12.9. The number of hydrogen-bond acceptors (Lipinski definition) is 4. The van der Waals surface area contributed by atoms with Crippen LogP contribution in [0.3, 0.4) is 0 Å². The average molecular weight is 405 g/mol. The van der Waals surface area contributed by atoms with Crippen molar-refractivity contribution in [1.82, 2.24) is 14.7 Å². The molecule has 0 saturated carbocycles. The minimum Gasteiger partial charge on any atom is -0.340 e. The highest BCUT2D eigenvalue weighted by molar-refractivity contribution is 7.13. The van der Waals surface area contributed by atoms with E-state index in [2.05, 4.69) is 18.9 Å². The van der Waals surface area contributed by atoms with Crippen molar-refractivity contribution < 1.29 is 4.79 Å². The van der Waals surface area contributed by atoms with Gasteiger partial charge in [-0.2, -0.15) is 5.10 Å². The maximum Gasteiger partial charge on any atom is 0.274 e. The van der Waals surface area contributed by atoms with Gasteiger partial charge in [0.05, 0.1) is 16.3 Å². The molecule has 3 rings (SSSR count). The van der Waals surface area contributed by atoms with E-state index in [0.717, 1.165) is 16.3 Å². The number of carbonyl (C=O) groups excluding carboxylic acids is 1. The summed E-state index contributed by atoms with van der Waals surface area (Å²) in [6.07, 6.45) is 0. The molecular formula is C20H25ClN4OS. The molecule has 0 aliphatic rings. The average Bonchev–Trinajstić information content (AvgIpc) is 3.31. The third-order valence-electron chi connectivity index (χ3n) is 4.27. The van der Waals surface area contributed by atoms with Crippen LogP contribution in [0.25, 0.3) is 16.3 Å². The normalized spacial score (nSPS) is 11.1. The Bertz CT molecular complexity index is 875. The van der Waals surface area contributed by atoms with E-state index in [1.54, 1.807) is 23.3 Å². The molecule has 0 aliphatic heterocycles. The third kappa shape index (κ3) is 4.77. The zero-order valence-electron chi connectivity index (χ0n) is 15.8. The van der Waals surface area contributed by atoms with E-state index in [-0.39, 0.29) is 23.7 Å². The van der Waals surface area contributed by atoms with E-state index in [1.165, 1.54) is 0 Å². The predicted octanol–water partition coefficient (Wildman–Crippen LogP) is 4.08. The minimum absolute atomic E-state index is 0. The van der Waals surface area contributed by atoms with Gasteiger partial charge in [0.25, 0.3) is 5.91 Å². The third-order valence-corrected chi connectivity index (χ3v) is 5.16. The number of thiophene rings is 1. The van der Waals surface area contributed by atoms with Crippen molar-refractivity contribution in [3.05, 3.63) is 59.6 Å². The van der Waals surface area contributed by atoms with Gasteiger partial charge >= 0.3 is 0 Å². The summed E-state index contributed by atoms with van der Waals surface area (Å²) in [5.41, 5.74) is 7.96. The first-order chi connectivity index (χ1) is 12.4. The number of para-hydroxylation sites is 1. The molecule has 27 heavy (non-hydrogen) atoms. The van der Waals surface area contributed by atoms with E-state index < -0.39 is 0 Å². The van der Waals surface area contributed by atoms with Gasteiger partial charge in [-0.1, -0.05) is 38.1 Å². The predicted molar refractivity (Wildman–Crippen MR) is 114 cm³/mol. The lowest BCUT2D eigenvalue weighted by molar-refractivity contribution is 0.0734. The quantitative estimate of drug-likeness (QED) is 0.673. The van der Waals surface area contributed by atoms with Gasteiger partial charge in [-0.05, 0) is 41.6 Å². The maximum atomic E-state index is 12.9. The van der Waals surface area contributed by atoms with E-state index in [4.69, 9.17) is 5.73 Å². The van der Waals surface area contributed by atoms with Crippen molar-refractivity contribution in [3.8, 4) is 16.3 Å². The molecule has 0 saturated heterocycles. The largest absolute Gasteiger partial charge is 0.340 e. The van der Waals surface area contributed by atoms with Crippen LogP contribution in [-0.2, 0) is 0 Å². The zero-order valence-corrected chi connectivity index (χ0v) is 17.4. The van der Waals surface area contributed by atoms with Crippen molar-refractivity contribution >= 4 is 29.7 Å². The van der Waals surface area contributed by atoms with Crippen molar-refractivity contribution in [2.45, 2.75) is 13.8 Å². The molecular weight excluding hydrogens is 380 g/mol. The van der Waals surface area contributed by atoms with Crippen LogP contribution in [0, 0.1) is 5.41 Å². The SMILES string of the molecule is CN(CC(C)(C)CN)C(=O)c1cc(-c2cccs2)n(-c2ccccc2)n1.Cl. The second kappa shape index (κ2) is 8.69. The Morgan fingerprint density at radius 3 is 2.52 bits per heavy atom. The standard InChI is InChI=1S/C20H24N4OS.ClH/c1-20(2,13-21)14-23(3)19(25)16-12-17(18-10-7-11-26-18)24(22-16)15-8-5-4-6-9-15;/h4-12H,13-14,21H2,1-3H3;1H. The molecule has 144 valence electrons. The van der Waals surface area contributed by atoms with Crippen LogP contribution in [0.2, 0.25) is 0 Å². The summed E-state index contributed by atoms with van der Waals surface area (Å²) < 4.78 is 1.83. The number of halogens is 1. The number of amides is 1. The summed E-state index contributed by atoms with van der Waals surface area (Å²) in [6, 6.07) is 15.8. The fraction of sp³-hybridized carbons (Fsp3) is 0.300. The van der Waals surface area contributed by atoms with Crippen molar-refractivity contribution in [3.63, 3.8) is 0 Å². The number of hydrogen-bond donors (Lipinski definition) is 1. The van der Waals surface area contributed by atoms with Gasteiger partial charge in [-0.15, -0.1) is 23.7 Å². The van der Waals surface area contributed by atoms with Gasteiger partial charge in [0.1, 0.15) is 0 Å². The van der Waals surface area contributed by atoms with E-state index >= 15 is 0 Å². The van der Waals surface area contributed by atoms with Crippen LogP contribution >= 0.6 is 23.7 Å². The van der Waals surface area contributed by atoms with E-state index in [1.807, 2.05) is 58.6 Å². The highest BCUT2D eigenvalue weighted by Gasteiger charge is 2.25. The second-order valence-corrected chi connectivity index (χ2v) is 8.12. The highest BCUT2D eigenvalue weighted by Crippen LogP contribution is 2.28. The van der Waals surface area contributed by atoms with Gasteiger partial charge < -0.3 is 10.6 Å². The topological polar surface area (TPSA) is 64.2 Å². The Morgan fingerprint density at radius 1 is 1.22 bits per heavy atom. The molecule has 0 spiro atoms. The molecule has 5 nitrogen and oxygen atoms in total. The lowest BCUT2D eigenvalue weighted by Gasteiger charge is -2.28. The van der Waals surface area contributed by atoms with Crippen molar-refractivity contribution in [1.29, 1.82) is 0 Å². The number of benzene rings is 1. The Labute approximate surface area is 170 Å². The lowest BCUT2D eigenvalue weighted by Crippen LogP contribution is -2.39. The van der Waals surface area contributed by atoms with Gasteiger partial charge in [0, 0.05) is 13.6 Å². The highest BCUT2D eigenvalue weighted by atomic mass is 35.5. The molecule has 3 aromatic rings. The van der Waals surface area contributed by atoms with Crippen LogP contribution in [0.5, 0.6) is 0 Å². The van der Waals surface area contributed by atoms with E-state index in [9.17, 15) is 4.79 Å². The molecule has 0 fully saturated rings. The molecule has 0 atom stereocenters. The Morgan fingerprint density at radius 2 is 1.93 bits per heavy atom. The minimum atomic E-state index is -0.136. The molecule has 0 aliphatic carbocycles. The molecule has 0 bridgehead atoms. The molecule has 0 unspecified atom stereocenters. The van der Waals surface area contributed by atoms with Crippen LogP contribution in [0.4, 0.5) is 0 Å². The summed E-state index contributed by atoms with van der Waals surface area (Å²) in [6.45, 7) is 5.20. The number of aromatic nitrogens is 2. The molecule has 2 aromatic heterocycles. The fourth-order valence-electron chi connectivity index (χ4n) is 2.83. The van der Waals surface area contributed by atoms with Crippen molar-refractivity contribution in [2.75, 3.05) is 20.1 Å². The van der Waals surface area contributed by atoms with Crippen molar-refractivity contribution in [2.24, 2.45) is 11.1 Å². The van der Waals surface area contributed by atoms with E-state index in [0.29, 0.717) is 18.8 Å². The molecule has 1 aromatic carbocycles. The first-order valence-corrected chi connectivity index (χ1v) is 9.44. The summed E-state index contributed by atoms with van der Waals surface area (Å²) in [5.74, 6) is -0.0981. The van der Waals surface area contributed by atoms with Gasteiger partial charge in [-0.25, -0.2) is 4.68 Å². The van der Waals surface area contributed by atoms with Crippen LogP contribution in [0.15, 0.2) is 53.9 Å². The monoisotopic (exact) mass is 404 g/mol. The van der Waals surface area contributed by atoms with Crippen LogP contribution in [0.1, 0.15) is 24.3 Å². The Hall–Kier alpha value is -2.15. The summed E-state index contributed by atoms with van der Waals surface area (Å²) >= 11 is 1.63. The van der Waals surface area contributed by atoms with Crippen LogP contribution in [-0.4, -0.2) is 40.7 Å². The number of nitrogens with two attached hydrogens (primary N) is 1. The summed E-state index contributed by atoms with van der Waals surface area (Å²) in [7, 11) is 1.80. The summed E-state index contributed by atoms with van der Waals surface area (Å²) in [5, 5.41) is 6.64.